The van der Waals surface area contributed by atoms with E-state index in [1.54, 1.807) is 0 Å². The van der Waals surface area contributed by atoms with Crippen molar-refractivity contribution in [1.29, 1.82) is 0 Å². The molecule has 0 rings (SSSR count). The van der Waals surface area contributed by atoms with Crippen LogP contribution in [0.3, 0.4) is 0 Å². The molecule has 4 nitrogen and oxygen atoms in total. The molecule has 0 fully saturated rings. The standard InChI is InChI=1S/C37H70O4/c1-3-5-6-7-8-9-10-11-12-13-14-15-16-17-18-19-20-21-22-23-24-25-26-27-28-29-30-31-32-35(34-36(38)39)37(40)41-33-4-2/h11-12,35H,3-10,13-34H2,1-2H3,(H,38,39)/b12-11+. The molecular formula is C37H70O4. The number of ether oxygens (including phenoxy) is 1. The van der Waals surface area contributed by atoms with Crippen LogP contribution in [0.2, 0.25) is 0 Å². The third-order valence-electron chi connectivity index (χ3n) is 8.27. The van der Waals surface area contributed by atoms with Crippen LogP contribution in [0.4, 0.5) is 0 Å². The topological polar surface area (TPSA) is 63.6 Å². The molecule has 0 aromatic rings. The largest absolute Gasteiger partial charge is 0.481 e. The molecule has 242 valence electrons. The fourth-order valence-corrected chi connectivity index (χ4v) is 5.59. The Kier molecular flexibility index (Phi) is 32.1. The molecule has 0 saturated carbocycles. The summed E-state index contributed by atoms with van der Waals surface area (Å²) < 4.78 is 5.16. The number of allylic oxidation sites excluding steroid dienone is 2. The van der Waals surface area contributed by atoms with Crippen molar-refractivity contribution in [3.8, 4) is 0 Å². The summed E-state index contributed by atoms with van der Waals surface area (Å²) in [5, 5.41) is 9.05. The van der Waals surface area contributed by atoms with Gasteiger partial charge >= 0.3 is 11.9 Å². The fourth-order valence-electron chi connectivity index (χ4n) is 5.59. The summed E-state index contributed by atoms with van der Waals surface area (Å²) in [5.41, 5.74) is 0. The van der Waals surface area contributed by atoms with Gasteiger partial charge in [0.25, 0.3) is 0 Å². The average molecular weight is 579 g/mol. The van der Waals surface area contributed by atoms with Crippen molar-refractivity contribution in [2.75, 3.05) is 6.61 Å². The first-order valence-electron chi connectivity index (χ1n) is 18.1. The van der Waals surface area contributed by atoms with E-state index in [9.17, 15) is 9.59 Å². The first kappa shape index (κ1) is 39.7. The van der Waals surface area contributed by atoms with Gasteiger partial charge in [-0.1, -0.05) is 167 Å². The molecule has 0 aromatic heterocycles. The summed E-state index contributed by atoms with van der Waals surface area (Å²) in [6, 6.07) is 0. The lowest BCUT2D eigenvalue weighted by molar-refractivity contribution is -0.153. The van der Waals surface area contributed by atoms with E-state index in [-0.39, 0.29) is 12.4 Å². The molecule has 0 saturated heterocycles. The van der Waals surface area contributed by atoms with Crippen LogP contribution in [0.25, 0.3) is 0 Å². The number of carbonyl (C=O) groups excluding carboxylic acids is 1. The van der Waals surface area contributed by atoms with Gasteiger partial charge < -0.3 is 9.84 Å². The minimum atomic E-state index is -0.915. The Morgan fingerprint density at radius 2 is 0.902 bits per heavy atom. The van der Waals surface area contributed by atoms with Gasteiger partial charge in [-0.3, -0.25) is 9.59 Å². The molecule has 0 aliphatic carbocycles. The molecule has 0 heterocycles. The summed E-state index contributed by atoms with van der Waals surface area (Å²) in [4.78, 5) is 23.1. The van der Waals surface area contributed by atoms with Crippen LogP contribution in [-0.2, 0) is 14.3 Å². The van der Waals surface area contributed by atoms with Gasteiger partial charge in [-0.2, -0.15) is 0 Å². The number of unbranched alkanes of at least 4 members (excludes halogenated alkanes) is 24. The smallest absolute Gasteiger partial charge is 0.309 e. The van der Waals surface area contributed by atoms with E-state index in [1.165, 1.54) is 154 Å². The third-order valence-corrected chi connectivity index (χ3v) is 8.27. The summed E-state index contributed by atoms with van der Waals surface area (Å²) >= 11 is 0. The van der Waals surface area contributed by atoms with Gasteiger partial charge in [0, 0.05) is 0 Å². The second kappa shape index (κ2) is 33.2. The van der Waals surface area contributed by atoms with E-state index >= 15 is 0 Å². The highest BCUT2D eigenvalue weighted by molar-refractivity contribution is 5.79. The van der Waals surface area contributed by atoms with Crippen molar-refractivity contribution < 1.29 is 19.4 Å². The zero-order valence-corrected chi connectivity index (χ0v) is 27.6. The summed E-state index contributed by atoms with van der Waals surface area (Å²) in [6.07, 6.45) is 41.0. The molecule has 1 atom stereocenters. The molecule has 0 amide bonds. The number of esters is 1. The van der Waals surface area contributed by atoms with Crippen molar-refractivity contribution in [2.45, 2.75) is 200 Å². The molecular weight excluding hydrogens is 508 g/mol. The third kappa shape index (κ3) is 31.4. The lowest BCUT2D eigenvalue weighted by Gasteiger charge is -2.13. The number of carboxylic acids is 1. The van der Waals surface area contributed by atoms with E-state index in [4.69, 9.17) is 9.84 Å². The lowest BCUT2D eigenvalue weighted by atomic mass is 9.97. The van der Waals surface area contributed by atoms with Gasteiger partial charge in [-0.05, 0) is 38.5 Å². The van der Waals surface area contributed by atoms with Crippen LogP contribution < -0.4 is 0 Å². The van der Waals surface area contributed by atoms with Gasteiger partial charge in [0.2, 0.25) is 0 Å². The van der Waals surface area contributed by atoms with Gasteiger partial charge in [0.15, 0.2) is 0 Å². The first-order chi connectivity index (χ1) is 20.1. The fraction of sp³-hybridized carbons (Fsp3) is 0.892. The van der Waals surface area contributed by atoms with E-state index in [1.807, 2.05) is 6.92 Å². The van der Waals surface area contributed by atoms with Crippen LogP contribution in [-0.4, -0.2) is 23.7 Å². The molecule has 0 radical (unpaired) electrons. The van der Waals surface area contributed by atoms with Crippen molar-refractivity contribution in [2.24, 2.45) is 5.92 Å². The van der Waals surface area contributed by atoms with Crippen LogP contribution in [0.5, 0.6) is 0 Å². The van der Waals surface area contributed by atoms with E-state index in [2.05, 4.69) is 19.1 Å². The number of carbonyl (C=O) groups is 2. The summed E-state index contributed by atoms with van der Waals surface area (Å²) in [6.45, 7) is 4.61. The van der Waals surface area contributed by atoms with Crippen LogP contribution in [0.15, 0.2) is 12.2 Å². The molecule has 0 aromatic carbocycles. The molecule has 0 spiro atoms. The Labute approximate surface area is 255 Å². The van der Waals surface area contributed by atoms with Gasteiger partial charge in [0.1, 0.15) is 0 Å². The zero-order chi connectivity index (χ0) is 30.1. The molecule has 1 unspecified atom stereocenters. The van der Waals surface area contributed by atoms with E-state index in [0.29, 0.717) is 13.0 Å². The Hall–Kier alpha value is -1.32. The SMILES string of the molecule is CCCCCCCC/C=C/CCCCCCCCCCCCCCCCCCCCC(CC(=O)O)C(=O)OCCC. The lowest BCUT2D eigenvalue weighted by Crippen LogP contribution is -2.21. The molecule has 0 aliphatic rings. The summed E-state index contributed by atoms with van der Waals surface area (Å²) in [7, 11) is 0. The number of carboxylic acid groups (broad SMARTS) is 1. The van der Waals surface area contributed by atoms with Crippen LogP contribution in [0.1, 0.15) is 200 Å². The van der Waals surface area contributed by atoms with E-state index in [0.717, 1.165) is 19.3 Å². The van der Waals surface area contributed by atoms with Crippen molar-refractivity contribution in [1.82, 2.24) is 0 Å². The summed E-state index contributed by atoms with van der Waals surface area (Å²) in [5.74, 6) is -1.74. The zero-order valence-electron chi connectivity index (χ0n) is 27.6. The predicted octanol–water partition coefficient (Wildman–Crippen LogP) is 12.1. The number of hydrogen-bond acceptors (Lipinski definition) is 3. The minimum Gasteiger partial charge on any atom is -0.481 e. The predicted molar refractivity (Wildman–Crippen MR) is 176 cm³/mol. The van der Waals surface area contributed by atoms with Gasteiger partial charge in [0.05, 0.1) is 18.9 Å². The van der Waals surface area contributed by atoms with Crippen molar-refractivity contribution >= 4 is 11.9 Å². The second-order valence-electron chi connectivity index (χ2n) is 12.4. The highest BCUT2D eigenvalue weighted by Crippen LogP contribution is 2.19. The van der Waals surface area contributed by atoms with Gasteiger partial charge in [-0.25, -0.2) is 0 Å². The highest BCUT2D eigenvalue weighted by atomic mass is 16.5. The highest BCUT2D eigenvalue weighted by Gasteiger charge is 2.22. The Bertz CT molecular complexity index is 585. The maximum Gasteiger partial charge on any atom is 0.309 e. The Morgan fingerprint density at radius 1 is 0.537 bits per heavy atom. The second-order valence-corrected chi connectivity index (χ2v) is 12.4. The first-order valence-corrected chi connectivity index (χ1v) is 18.1. The maximum atomic E-state index is 12.0. The number of aliphatic carboxylic acids is 1. The Balaban J connectivity index is 3.31. The Morgan fingerprint density at radius 3 is 1.27 bits per heavy atom. The molecule has 0 bridgehead atoms. The van der Waals surface area contributed by atoms with Gasteiger partial charge in [-0.15, -0.1) is 0 Å². The minimum absolute atomic E-state index is 0.111. The monoisotopic (exact) mass is 579 g/mol. The van der Waals surface area contributed by atoms with Crippen molar-refractivity contribution in [3.63, 3.8) is 0 Å². The maximum absolute atomic E-state index is 12.0. The molecule has 4 heteroatoms. The molecule has 0 aliphatic heterocycles. The number of hydrogen-bond donors (Lipinski definition) is 1. The van der Waals surface area contributed by atoms with E-state index < -0.39 is 11.9 Å². The quantitative estimate of drug-likeness (QED) is 0.0478. The normalized spacial score (nSPS) is 12.2. The van der Waals surface area contributed by atoms with Crippen LogP contribution in [0, 0.1) is 5.92 Å². The number of rotatable bonds is 33. The van der Waals surface area contributed by atoms with Crippen molar-refractivity contribution in [3.05, 3.63) is 12.2 Å². The average Bonchev–Trinajstić information content (AvgIpc) is 2.96. The van der Waals surface area contributed by atoms with Crippen LogP contribution >= 0.6 is 0 Å². The molecule has 41 heavy (non-hydrogen) atoms. The molecule has 1 N–H and O–H groups in total.